The van der Waals surface area contributed by atoms with Crippen molar-refractivity contribution in [3.05, 3.63) is 83.4 Å². The van der Waals surface area contributed by atoms with Crippen molar-refractivity contribution in [3.63, 3.8) is 0 Å². The molecule has 0 amide bonds. The average molecular weight is 445 g/mol. The summed E-state index contributed by atoms with van der Waals surface area (Å²) in [7, 11) is 5.30. The van der Waals surface area contributed by atoms with E-state index in [2.05, 4.69) is 23.0 Å². The Hall–Kier alpha value is -3.71. The molecule has 0 atom stereocenters. The number of hydrogen-bond donors (Lipinski definition) is 0. The Morgan fingerprint density at radius 2 is 1.82 bits per heavy atom. The Morgan fingerprint density at radius 3 is 2.61 bits per heavy atom. The van der Waals surface area contributed by atoms with Crippen LogP contribution in [0.1, 0.15) is 16.8 Å². The molecule has 0 spiro atoms. The molecule has 2 aromatic carbocycles. The highest BCUT2D eigenvalue weighted by atomic mass is 19.1. The van der Waals surface area contributed by atoms with Crippen molar-refractivity contribution in [1.29, 1.82) is 0 Å². The minimum absolute atomic E-state index is 0.240. The third-order valence-corrected chi connectivity index (χ3v) is 5.96. The Kier molecular flexibility index (Phi) is 5.56. The summed E-state index contributed by atoms with van der Waals surface area (Å²) < 4.78 is 27.6. The molecule has 168 valence electrons. The van der Waals surface area contributed by atoms with Gasteiger partial charge in [-0.2, -0.15) is 5.10 Å². The molecule has 3 heterocycles. The van der Waals surface area contributed by atoms with Gasteiger partial charge in [-0.3, -0.25) is 9.58 Å². The summed E-state index contributed by atoms with van der Waals surface area (Å²) in [6.45, 7) is 2.03. The number of hydrogen-bond acceptors (Lipinski definition) is 5. The number of pyridine rings is 1. The first-order valence-corrected chi connectivity index (χ1v) is 10.8. The number of halogens is 1. The lowest BCUT2D eigenvalue weighted by Crippen LogP contribution is -2.13. The molecular weight excluding hydrogens is 419 g/mol. The number of benzene rings is 2. The van der Waals surface area contributed by atoms with Gasteiger partial charge in [0.25, 0.3) is 0 Å². The molecule has 4 aromatic rings. The number of methoxy groups -OCH3 is 2. The van der Waals surface area contributed by atoms with Gasteiger partial charge < -0.3 is 9.47 Å². The van der Waals surface area contributed by atoms with E-state index < -0.39 is 0 Å². The van der Waals surface area contributed by atoms with Crippen LogP contribution in [0.3, 0.4) is 0 Å². The predicted molar refractivity (Wildman–Crippen MR) is 125 cm³/mol. The van der Waals surface area contributed by atoms with Crippen LogP contribution < -0.4 is 9.47 Å². The van der Waals surface area contributed by atoms with E-state index in [1.165, 1.54) is 6.07 Å². The zero-order chi connectivity index (χ0) is 22.9. The highest BCUT2D eigenvalue weighted by Crippen LogP contribution is 2.36. The Balaban J connectivity index is 1.58. The minimum Gasteiger partial charge on any atom is -0.496 e. The van der Waals surface area contributed by atoms with Crippen molar-refractivity contribution in [2.24, 2.45) is 0 Å². The van der Waals surface area contributed by atoms with E-state index in [9.17, 15) is 4.39 Å². The second-order valence-electron chi connectivity index (χ2n) is 8.21. The lowest BCUT2D eigenvalue weighted by Gasteiger charge is -2.15. The summed E-state index contributed by atoms with van der Waals surface area (Å²) >= 11 is 0. The van der Waals surface area contributed by atoms with Gasteiger partial charge in [0.2, 0.25) is 5.88 Å². The minimum atomic E-state index is -0.240. The Labute approximate surface area is 192 Å². The second-order valence-corrected chi connectivity index (χ2v) is 8.21. The van der Waals surface area contributed by atoms with Gasteiger partial charge in [-0.25, -0.2) is 9.37 Å². The molecule has 0 unspecified atom stereocenters. The fourth-order valence-electron chi connectivity index (χ4n) is 4.43. The molecule has 1 aliphatic heterocycles. The summed E-state index contributed by atoms with van der Waals surface area (Å²) in [6.07, 6.45) is 1.71. The van der Waals surface area contributed by atoms with Crippen molar-refractivity contribution in [1.82, 2.24) is 19.7 Å². The highest BCUT2D eigenvalue weighted by molar-refractivity contribution is 5.72. The van der Waals surface area contributed by atoms with E-state index >= 15 is 0 Å². The van der Waals surface area contributed by atoms with E-state index in [0.717, 1.165) is 52.5 Å². The normalized spacial score (nSPS) is 13.2. The van der Waals surface area contributed by atoms with Crippen LogP contribution in [-0.4, -0.2) is 40.9 Å². The van der Waals surface area contributed by atoms with Gasteiger partial charge in [0.05, 0.1) is 32.2 Å². The summed E-state index contributed by atoms with van der Waals surface area (Å²) in [5, 5.41) is 4.87. The monoisotopic (exact) mass is 444 g/mol. The molecule has 0 aliphatic carbocycles. The number of nitrogens with zero attached hydrogens (tertiary/aromatic N) is 4. The molecule has 0 bridgehead atoms. The molecular formula is C26H25FN4O2. The smallest absolute Gasteiger partial charge is 0.213 e. The Bertz CT molecular complexity index is 1320. The van der Waals surface area contributed by atoms with E-state index in [1.54, 1.807) is 26.5 Å². The maximum atomic E-state index is 14.8. The number of fused-ring (bicyclic) bond motifs is 1. The molecule has 0 fully saturated rings. The molecule has 0 saturated carbocycles. The average Bonchev–Trinajstić information content (AvgIpc) is 3.34. The van der Waals surface area contributed by atoms with Crippen molar-refractivity contribution >= 4 is 0 Å². The molecule has 5 rings (SSSR count). The fraction of sp³-hybridized carbons (Fsp3) is 0.231. The van der Waals surface area contributed by atoms with Crippen molar-refractivity contribution in [2.45, 2.75) is 19.6 Å². The van der Waals surface area contributed by atoms with Gasteiger partial charge in [-0.1, -0.05) is 18.2 Å². The molecule has 33 heavy (non-hydrogen) atoms. The summed E-state index contributed by atoms with van der Waals surface area (Å²) in [6, 6.07) is 16.8. The molecule has 0 radical (unpaired) electrons. The zero-order valence-corrected chi connectivity index (χ0v) is 18.9. The van der Waals surface area contributed by atoms with Crippen LogP contribution in [0.2, 0.25) is 0 Å². The van der Waals surface area contributed by atoms with Crippen LogP contribution in [-0.2, 0) is 19.6 Å². The van der Waals surface area contributed by atoms with Gasteiger partial charge >= 0.3 is 0 Å². The maximum absolute atomic E-state index is 14.8. The Morgan fingerprint density at radius 1 is 0.970 bits per heavy atom. The maximum Gasteiger partial charge on any atom is 0.213 e. The first-order chi connectivity index (χ1) is 16.1. The van der Waals surface area contributed by atoms with Gasteiger partial charge in [-0.05, 0) is 48.5 Å². The van der Waals surface area contributed by atoms with Crippen molar-refractivity contribution in [3.8, 4) is 34.0 Å². The van der Waals surface area contributed by atoms with Gasteiger partial charge in [0.15, 0.2) is 0 Å². The van der Waals surface area contributed by atoms with Gasteiger partial charge in [0, 0.05) is 42.0 Å². The van der Waals surface area contributed by atoms with Gasteiger partial charge in [0.1, 0.15) is 11.6 Å². The molecule has 2 aromatic heterocycles. The third kappa shape index (κ3) is 3.96. The first-order valence-electron chi connectivity index (χ1n) is 10.8. The molecule has 6 nitrogen and oxygen atoms in total. The standard InChI is InChI=1S/C26H25FN4O2/c1-30-15-21-23(16-30)29-31(26(21)19-6-4-5-7-22(19)27)14-17-8-9-24(32-2)20(12-17)18-10-11-28-25(13-18)33-3/h4-13H,14-16H2,1-3H3. The van der Waals surface area contributed by atoms with Crippen molar-refractivity contribution < 1.29 is 13.9 Å². The summed E-state index contributed by atoms with van der Waals surface area (Å²) in [5.41, 5.74) is 6.43. The van der Waals surface area contributed by atoms with Crippen LogP contribution in [0.25, 0.3) is 22.4 Å². The first kappa shape index (κ1) is 21.2. The van der Waals surface area contributed by atoms with Crippen LogP contribution in [0.4, 0.5) is 4.39 Å². The van der Waals surface area contributed by atoms with Crippen LogP contribution in [0, 0.1) is 5.82 Å². The highest BCUT2D eigenvalue weighted by Gasteiger charge is 2.27. The fourth-order valence-corrected chi connectivity index (χ4v) is 4.43. The molecule has 1 aliphatic rings. The lowest BCUT2D eigenvalue weighted by molar-refractivity contribution is 0.346. The number of aromatic nitrogens is 3. The molecule has 7 heteroatoms. The zero-order valence-electron chi connectivity index (χ0n) is 18.9. The van der Waals surface area contributed by atoms with Gasteiger partial charge in [-0.15, -0.1) is 0 Å². The largest absolute Gasteiger partial charge is 0.496 e. The number of ether oxygens (including phenoxy) is 2. The van der Waals surface area contributed by atoms with Crippen LogP contribution in [0.5, 0.6) is 11.6 Å². The molecule has 0 saturated heterocycles. The third-order valence-electron chi connectivity index (χ3n) is 5.96. The number of rotatable bonds is 6. The summed E-state index contributed by atoms with van der Waals surface area (Å²) in [5.74, 6) is 1.05. The lowest BCUT2D eigenvalue weighted by atomic mass is 10.0. The quantitative estimate of drug-likeness (QED) is 0.429. The van der Waals surface area contributed by atoms with E-state index in [0.29, 0.717) is 18.0 Å². The van der Waals surface area contributed by atoms with Crippen molar-refractivity contribution in [2.75, 3.05) is 21.3 Å². The summed E-state index contributed by atoms with van der Waals surface area (Å²) in [4.78, 5) is 6.39. The second kappa shape index (κ2) is 8.67. The van der Waals surface area contributed by atoms with E-state index in [4.69, 9.17) is 14.6 Å². The van der Waals surface area contributed by atoms with Crippen LogP contribution in [0.15, 0.2) is 60.8 Å². The van der Waals surface area contributed by atoms with Crippen LogP contribution >= 0.6 is 0 Å². The molecule has 0 N–H and O–H groups in total. The topological polar surface area (TPSA) is 52.4 Å². The predicted octanol–water partition coefficient (Wildman–Crippen LogP) is 4.76. The van der Waals surface area contributed by atoms with E-state index in [1.807, 2.05) is 41.1 Å². The van der Waals surface area contributed by atoms with E-state index in [-0.39, 0.29) is 5.82 Å². The SMILES string of the molecule is COc1cc(-c2cc(Cn3nc4c(c3-c3ccccc3F)CN(C)C4)ccc2OC)ccn1.